The van der Waals surface area contributed by atoms with Gasteiger partial charge in [-0.15, -0.1) is 0 Å². The summed E-state index contributed by atoms with van der Waals surface area (Å²) in [6, 6.07) is 13.1. The standard InChI is InChI=1S/C23H29N3O2/c1-16-9-11-17(12-10-16)22(27)25-19-13-14-21(26(2)3)20(15-19)23(28)24-18-7-5-4-6-8-18/h9-15,18H,4-8H2,1-3H3,(H,24,28)(H,25,27). The highest BCUT2D eigenvalue weighted by Gasteiger charge is 2.20. The SMILES string of the molecule is Cc1ccc(C(=O)Nc2ccc(N(C)C)c(C(=O)NC3CCCCC3)c2)cc1. The first-order valence-electron chi connectivity index (χ1n) is 9.94. The topological polar surface area (TPSA) is 61.4 Å². The van der Waals surface area contributed by atoms with Crippen LogP contribution in [0.2, 0.25) is 0 Å². The smallest absolute Gasteiger partial charge is 0.255 e. The summed E-state index contributed by atoms with van der Waals surface area (Å²) in [6.07, 6.45) is 5.64. The third-order valence-corrected chi connectivity index (χ3v) is 5.23. The highest BCUT2D eigenvalue weighted by Crippen LogP contribution is 2.25. The second-order valence-corrected chi connectivity index (χ2v) is 7.75. The first-order chi connectivity index (χ1) is 13.4. The van der Waals surface area contributed by atoms with E-state index in [1.54, 1.807) is 18.2 Å². The zero-order valence-corrected chi connectivity index (χ0v) is 16.9. The molecule has 5 nitrogen and oxygen atoms in total. The van der Waals surface area contributed by atoms with Gasteiger partial charge in [0.15, 0.2) is 0 Å². The number of hydrogen-bond donors (Lipinski definition) is 2. The Morgan fingerprint density at radius 1 is 0.929 bits per heavy atom. The predicted octanol–water partition coefficient (Wildman–Crippen LogP) is 4.38. The molecule has 2 amide bonds. The molecule has 1 aliphatic carbocycles. The van der Waals surface area contributed by atoms with Crippen molar-refractivity contribution in [3.05, 3.63) is 59.2 Å². The van der Waals surface area contributed by atoms with Crippen molar-refractivity contribution in [2.75, 3.05) is 24.3 Å². The lowest BCUT2D eigenvalue weighted by Crippen LogP contribution is -2.36. The third kappa shape index (κ3) is 4.91. The Bertz CT molecular complexity index is 837. The van der Waals surface area contributed by atoms with Crippen molar-refractivity contribution in [1.82, 2.24) is 5.32 Å². The molecule has 2 N–H and O–H groups in total. The van der Waals surface area contributed by atoms with Crippen LogP contribution in [0.1, 0.15) is 58.4 Å². The van der Waals surface area contributed by atoms with E-state index in [4.69, 9.17) is 0 Å². The van der Waals surface area contributed by atoms with Gasteiger partial charge in [-0.25, -0.2) is 0 Å². The third-order valence-electron chi connectivity index (χ3n) is 5.23. The maximum absolute atomic E-state index is 12.9. The van der Waals surface area contributed by atoms with Gasteiger partial charge in [-0.3, -0.25) is 9.59 Å². The molecular formula is C23H29N3O2. The molecule has 1 saturated carbocycles. The first-order valence-corrected chi connectivity index (χ1v) is 9.94. The lowest BCUT2D eigenvalue weighted by molar-refractivity contribution is 0.0927. The minimum Gasteiger partial charge on any atom is -0.377 e. The van der Waals surface area contributed by atoms with Crippen LogP contribution >= 0.6 is 0 Å². The van der Waals surface area contributed by atoms with Crippen molar-refractivity contribution in [3.8, 4) is 0 Å². The molecule has 0 unspecified atom stereocenters. The molecular weight excluding hydrogens is 350 g/mol. The maximum Gasteiger partial charge on any atom is 0.255 e. The van der Waals surface area contributed by atoms with Crippen LogP contribution in [0.5, 0.6) is 0 Å². The van der Waals surface area contributed by atoms with E-state index in [-0.39, 0.29) is 17.9 Å². The number of anilines is 2. The maximum atomic E-state index is 12.9. The summed E-state index contributed by atoms with van der Waals surface area (Å²) >= 11 is 0. The molecule has 1 fully saturated rings. The summed E-state index contributed by atoms with van der Waals surface area (Å²) in [4.78, 5) is 27.4. The van der Waals surface area contributed by atoms with Gasteiger partial charge < -0.3 is 15.5 Å². The fraction of sp³-hybridized carbons (Fsp3) is 0.391. The zero-order chi connectivity index (χ0) is 20.1. The summed E-state index contributed by atoms with van der Waals surface area (Å²) in [7, 11) is 3.83. The van der Waals surface area contributed by atoms with E-state index in [0.29, 0.717) is 16.8 Å². The van der Waals surface area contributed by atoms with E-state index >= 15 is 0 Å². The number of amides is 2. The molecule has 0 bridgehead atoms. The monoisotopic (exact) mass is 379 g/mol. The number of aryl methyl sites for hydroxylation is 1. The molecule has 0 atom stereocenters. The van der Waals surface area contributed by atoms with E-state index < -0.39 is 0 Å². The number of carbonyl (C=O) groups is 2. The largest absolute Gasteiger partial charge is 0.377 e. The number of nitrogens with zero attached hydrogens (tertiary/aromatic N) is 1. The molecule has 5 heteroatoms. The Labute approximate surface area is 167 Å². The van der Waals surface area contributed by atoms with Crippen LogP contribution in [0, 0.1) is 6.92 Å². The molecule has 0 saturated heterocycles. The van der Waals surface area contributed by atoms with Crippen molar-refractivity contribution >= 4 is 23.2 Å². The fourth-order valence-corrected chi connectivity index (χ4v) is 3.60. The van der Waals surface area contributed by atoms with Gasteiger partial charge in [-0.1, -0.05) is 37.0 Å². The predicted molar refractivity (Wildman–Crippen MR) is 114 cm³/mol. The Hall–Kier alpha value is -2.82. The van der Waals surface area contributed by atoms with Crippen LogP contribution in [-0.4, -0.2) is 32.0 Å². The minimum atomic E-state index is -0.184. The molecule has 0 spiro atoms. The van der Waals surface area contributed by atoms with Crippen LogP contribution in [-0.2, 0) is 0 Å². The summed E-state index contributed by atoms with van der Waals surface area (Å²) in [6.45, 7) is 1.98. The number of carbonyl (C=O) groups excluding carboxylic acids is 2. The lowest BCUT2D eigenvalue weighted by Gasteiger charge is -2.24. The van der Waals surface area contributed by atoms with Gasteiger partial charge in [0, 0.05) is 37.1 Å². The molecule has 0 aliphatic heterocycles. The van der Waals surface area contributed by atoms with Crippen molar-refractivity contribution < 1.29 is 9.59 Å². The summed E-state index contributed by atoms with van der Waals surface area (Å²) in [5, 5.41) is 6.08. The Balaban J connectivity index is 1.79. The van der Waals surface area contributed by atoms with Gasteiger partial charge in [-0.05, 0) is 50.1 Å². The molecule has 2 aromatic rings. The second kappa shape index (κ2) is 8.91. The Morgan fingerprint density at radius 3 is 2.25 bits per heavy atom. The van der Waals surface area contributed by atoms with Gasteiger partial charge >= 0.3 is 0 Å². The minimum absolute atomic E-state index is 0.0814. The first kappa shape index (κ1) is 19.9. The van der Waals surface area contributed by atoms with E-state index in [1.165, 1.54) is 6.42 Å². The Morgan fingerprint density at radius 2 is 1.61 bits per heavy atom. The van der Waals surface area contributed by atoms with Gasteiger partial charge in [0.2, 0.25) is 0 Å². The Kier molecular flexibility index (Phi) is 6.34. The average molecular weight is 380 g/mol. The van der Waals surface area contributed by atoms with Gasteiger partial charge in [-0.2, -0.15) is 0 Å². The number of nitrogens with one attached hydrogen (secondary N) is 2. The molecule has 28 heavy (non-hydrogen) atoms. The van der Waals surface area contributed by atoms with Crippen LogP contribution in [0.3, 0.4) is 0 Å². The fourth-order valence-electron chi connectivity index (χ4n) is 3.60. The van der Waals surface area contributed by atoms with Crippen molar-refractivity contribution in [3.63, 3.8) is 0 Å². The molecule has 1 aliphatic rings. The second-order valence-electron chi connectivity index (χ2n) is 7.75. The average Bonchev–Trinajstić information content (AvgIpc) is 2.69. The van der Waals surface area contributed by atoms with Crippen molar-refractivity contribution in [2.45, 2.75) is 45.1 Å². The van der Waals surface area contributed by atoms with Crippen LogP contribution in [0.15, 0.2) is 42.5 Å². The lowest BCUT2D eigenvalue weighted by atomic mass is 9.95. The van der Waals surface area contributed by atoms with E-state index in [1.807, 2.05) is 50.2 Å². The van der Waals surface area contributed by atoms with E-state index in [2.05, 4.69) is 10.6 Å². The highest BCUT2D eigenvalue weighted by molar-refractivity contribution is 6.06. The number of rotatable bonds is 5. The number of benzene rings is 2. The van der Waals surface area contributed by atoms with Gasteiger partial charge in [0.05, 0.1) is 5.56 Å². The highest BCUT2D eigenvalue weighted by atomic mass is 16.2. The van der Waals surface area contributed by atoms with E-state index in [0.717, 1.165) is 36.9 Å². The summed E-state index contributed by atoms with van der Waals surface area (Å²) in [5.41, 5.74) is 3.73. The van der Waals surface area contributed by atoms with Crippen LogP contribution in [0.25, 0.3) is 0 Å². The van der Waals surface area contributed by atoms with Crippen LogP contribution < -0.4 is 15.5 Å². The van der Waals surface area contributed by atoms with Gasteiger partial charge in [0.1, 0.15) is 0 Å². The normalized spacial score (nSPS) is 14.4. The summed E-state index contributed by atoms with van der Waals surface area (Å²) < 4.78 is 0. The molecule has 3 rings (SSSR count). The molecule has 0 aromatic heterocycles. The molecule has 0 heterocycles. The van der Waals surface area contributed by atoms with Crippen molar-refractivity contribution in [1.29, 1.82) is 0 Å². The zero-order valence-electron chi connectivity index (χ0n) is 16.9. The summed E-state index contributed by atoms with van der Waals surface area (Å²) in [5.74, 6) is -0.265. The number of hydrogen-bond acceptors (Lipinski definition) is 3. The van der Waals surface area contributed by atoms with Crippen molar-refractivity contribution in [2.24, 2.45) is 0 Å². The van der Waals surface area contributed by atoms with E-state index in [9.17, 15) is 9.59 Å². The van der Waals surface area contributed by atoms with Gasteiger partial charge in [0.25, 0.3) is 11.8 Å². The van der Waals surface area contributed by atoms with Crippen LogP contribution in [0.4, 0.5) is 11.4 Å². The molecule has 0 radical (unpaired) electrons. The molecule has 148 valence electrons. The molecule has 2 aromatic carbocycles. The quantitative estimate of drug-likeness (QED) is 0.811.